The standard InChI is InChI=1S/C46H55N13O7/c47-39(60)34-13-6-7-19-51-40(61)28-15-17-29(18-16-28)41(62)57-38(23-31-25-50-26-54-31)45(66)58-36(21-27-9-2-1-3-10-27)43(64)56-35(14-8-20-52-46(48)49)42(63)59-37(44(65)55-34)22-30-24-53-33-12-5-4-11-32(30)33/h1-5,9-12,15-18,24-26,34-38,53H,6-8,13-14,19-23H2,(H2,47,60)(H,50,54)(H,51,61)(H,55,65)(H,56,64)(H,57,62)(H,58,66)(H,59,63)(H4,48,49,52)/t34-,35-,36+,37-,38-/m0/s1. The smallest absolute Gasteiger partial charge is 0.251 e. The van der Waals surface area contributed by atoms with Crippen molar-refractivity contribution in [2.45, 2.75) is 81.6 Å². The summed E-state index contributed by atoms with van der Waals surface area (Å²) >= 11 is 0. The highest BCUT2D eigenvalue weighted by Gasteiger charge is 2.33. The minimum Gasteiger partial charge on any atom is -0.370 e. The van der Waals surface area contributed by atoms with E-state index >= 15 is 0 Å². The molecule has 0 spiro atoms. The van der Waals surface area contributed by atoms with Gasteiger partial charge in [0.25, 0.3) is 11.8 Å². The summed E-state index contributed by atoms with van der Waals surface area (Å²) in [6, 6.07) is 15.9. The molecule has 3 aromatic carbocycles. The van der Waals surface area contributed by atoms with E-state index in [2.05, 4.69) is 51.8 Å². The molecule has 7 rings (SSSR count). The van der Waals surface area contributed by atoms with Gasteiger partial charge in [0.2, 0.25) is 29.5 Å². The van der Waals surface area contributed by atoms with E-state index in [1.807, 2.05) is 24.3 Å². The lowest BCUT2D eigenvalue weighted by Crippen LogP contribution is -2.60. The molecule has 346 valence electrons. The Balaban J connectivity index is 1.35. The predicted molar refractivity (Wildman–Crippen MR) is 245 cm³/mol. The fraction of sp³-hybridized carbons (Fsp3) is 0.326. The van der Waals surface area contributed by atoms with E-state index in [-0.39, 0.29) is 68.7 Å². The number of guanidine groups is 1. The monoisotopic (exact) mass is 901 g/mol. The van der Waals surface area contributed by atoms with Crippen LogP contribution in [0.1, 0.15) is 69.6 Å². The number of nitrogens with zero attached hydrogens (tertiary/aromatic N) is 2. The normalized spacial score (nSPS) is 20.6. The zero-order valence-corrected chi connectivity index (χ0v) is 36.2. The molecule has 0 unspecified atom stereocenters. The number of aromatic nitrogens is 3. The molecule has 0 saturated carbocycles. The van der Waals surface area contributed by atoms with Crippen LogP contribution >= 0.6 is 0 Å². The van der Waals surface area contributed by atoms with Gasteiger partial charge < -0.3 is 59.1 Å². The van der Waals surface area contributed by atoms with E-state index in [1.54, 1.807) is 36.5 Å². The Hall–Kier alpha value is -8.03. The van der Waals surface area contributed by atoms with Gasteiger partial charge in [-0.15, -0.1) is 0 Å². The van der Waals surface area contributed by atoms with E-state index in [9.17, 15) is 33.6 Å². The third-order valence-corrected chi connectivity index (χ3v) is 11.1. The molecule has 0 radical (unpaired) electrons. The molecule has 0 fully saturated rings. The average Bonchev–Trinajstić information content (AvgIpc) is 3.98. The Morgan fingerprint density at radius 1 is 0.652 bits per heavy atom. The van der Waals surface area contributed by atoms with Gasteiger partial charge in [0.15, 0.2) is 5.96 Å². The van der Waals surface area contributed by atoms with Crippen LogP contribution in [-0.4, -0.2) is 106 Å². The second-order valence-electron chi connectivity index (χ2n) is 16.0. The van der Waals surface area contributed by atoms with Crippen LogP contribution in [-0.2, 0) is 43.2 Å². The number of fused-ring (bicyclic) bond motifs is 23. The Morgan fingerprint density at radius 2 is 1.27 bits per heavy atom. The number of primary amides is 1. The molecule has 14 N–H and O–H groups in total. The molecule has 66 heavy (non-hydrogen) atoms. The molecule has 0 aliphatic carbocycles. The summed E-state index contributed by atoms with van der Waals surface area (Å²) in [5, 5.41) is 17.5. The molecule has 2 bridgehead atoms. The number of hydrogen-bond donors (Lipinski definition) is 11. The minimum absolute atomic E-state index is 0.000469. The second kappa shape index (κ2) is 23.1. The molecule has 2 aromatic heterocycles. The third kappa shape index (κ3) is 13.5. The first kappa shape index (κ1) is 47.4. The summed E-state index contributed by atoms with van der Waals surface area (Å²) < 4.78 is 0. The number of carbonyl (C=O) groups excluding carboxylic acids is 7. The van der Waals surface area contributed by atoms with Crippen LogP contribution < -0.4 is 49.1 Å². The maximum absolute atomic E-state index is 14.5. The van der Waals surface area contributed by atoms with E-state index < -0.39 is 71.6 Å². The number of para-hydroxylation sites is 1. The van der Waals surface area contributed by atoms with Gasteiger partial charge in [-0.1, -0.05) is 48.5 Å². The van der Waals surface area contributed by atoms with Crippen LogP contribution in [0, 0.1) is 0 Å². The molecule has 0 saturated heterocycles. The van der Waals surface area contributed by atoms with Gasteiger partial charge in [-0.25, -0.2) is 4.98 Å². The van der Waals surface area contributed by atoms with Gasteiger partial charge in [-0.3, -0.25) is 38.6 Å². The summed E-state index contributed by atoms with van der Waals surface area (Å²) in [6.45, 7) is 0.332. The fourth-order valence-corrected chi connectivity index (χ4v) is 7.55. The summed E-state index contributed by atoms with van der Waals surface area (Å²) in [5.41, 5.74) is 20.0. The molecule has 5 atom stereocenters. The number of carbonyl (C=O) groups is 7. The number of aromatic amines is 2. The molecule has 20 nitrogen and oxygen atoms in total. The largest absolute Gasteiger partial charge is 0.370 e. The second-order valence-corrected chi connectivity index (χ2v) is 16.0. The van der Waals surface area contributed by atoms with Crippen molar-refractivity contribution in [1.82, 2.24) is 46.9 Å². The lowest BCUT2D eigenvalue weighted by molar-refractivity contribution is -0.134. The quantitative estimate of drug-likeness (QED) is 0.0368. The lowest BCUT2D eigenvalue weighted by atomic mass is 10.0. The average molecular weight is 902 g/mol. The van der Waals surface area contributed by atoms with Crippen molar-refractivity contribution in [2.75, 3.05) is 13.1 Å². The number of benzene rings is 3. The van der Waals surface area contributed by atoms with Crippen molar-refractivity contribution in [3.8, 4) is 0 Å². The number of hydrogen-bond acceptors (Lipinski definition) is 9. The van der Waals surface area contributed by atoms with Crippen molar-refractivity contribution in [3.63, 3.8) is 0 Å². The van der Waals surface area contributed by atoms with Crippen LogP contribution in [0.2, 0.25) is 0 Å². The number of nitrogens with two attached hydrogens (primary N) is 3. The summed E-state index contributed by atoms with van der Waals surface area (Å²) in [5.74, 6) is -4.91. The molecular formula is C46H55N13O7. The maximum atomic E-state index is 14.5. The first-order valence-corrected chi connectivity index (χ1v) is 21.7. The molecule has 2 aliphatic rings. The van der Waals surface area contributed by atoms with Crippen molar-refractivity contribution in [1.29, 1.82) is 0 Å². The van der Waals surface area contributed by atoms with Crippen LogP contribution in [0.4, 0.5) is 0 Å². The van der Waals surface area contributed by atoms with Crippen LogP contribution in [0.15, 0.2) is 103 Å². The molecule has 7 amide bonds. The zero-order chi connectivity index (χ0) is 47.0. The zero-order valence-electron chi connectivity index (χ0n) is 36.2. The fourth-order valence-electron chi connectivity index (χ4n) is 7.55. The molecule has 5 aromatic rings. The topological polar surface area (TPSA) is 327 Å². The van der Waals surface area contributed by atoms with E-state index in [1.165, 1.54) is 36.8 Å². The van der Waals surface area contributed by atoms with Gasteiger partial charge in [0, 0.05) is 72.5 Å². The van der Waals surface area contributed by atoms with Crippen molar-refractivity contribution in [2.24, 2.45) is 22.2 Å². The van der Waals surface area contributed by atoms with E-state index in [0.29, 0.717) is 29.7 Å². The van der Waals surface area contributed by atoms with Crippen molar-refractivity contribution in [3.05, 3.63) is 126 Å². The SMILES string of the molecule is NC(=O)[C@@H]1CCCCNC(=O)c2ccc(cc2)C(=O)N[C@@H](Cc2cnc[nH]2)C(=O)N[C@H](Cc2ccccc2)C(=O)N[C@@H](CCCN=C(N)N)C(=O)N[C@@H](Cc2c[nH]c3ccccc23)C(=O)N1. The third-order valence-electron chi connectivity index (χ3n) is 11.1. The Morgan fingerprint density at radius 3 is 1.95 bits per heavy atom. The van der Waals surface area contributed by atoms with E-state index in [0.717, 1.165) is 10.9 Å². The van der Waals surface area contributed by atoms with Gasteiger partial charge in [0.1, 0.15) is 30.2 Å². The number of aliphatic imine (C=N–C) groups is 1. The number of rotatable bonds is 11. The number of H-pyrrole nitrogens is 2. The van der Waals surface area contributed by atoms with E-state index in [4.69, 9.17) is 17.2 Å². The lowest BCUT2D eigenvalue weighted by Gasteiger charge is -2.27. The number of amides is 7. The molecule has 2 aliphatic heterocycles. The first-order chi connectivity index (χ1) is 31.8. The Bertz CT molecular complexity index is 2500. The minimum atomic E-state index is -1.29. The van der Waals surface area contributed by atoms with Gasteiger partial charge >= 0.3 is 0 Å². The maximum Gasteiger partial charge on any atom is 0.251 e. The first-order valence-electron chi connectivity index (χ1n) is 21.7. The van der Waals surface area contributed by atoms with Gasteiger partial charge in [-0.2, -0.15) is 0 Å². The molecule has 4 heterocycles. The highest BCUT2D eigenvalue weighted by atomic mass is 16.2. The van der Waals surface area contributed by atoms with Crippen LogP contribution in [0.3, 0.4) is 0 Å². The number of imidazole rings is 1. The Labute approximate surface area is 380 Å². The van der Waals surface area contributed by atoms with Crippen LogP contribution in [0.25, 0.3) is 10.9 Å². The molecule has 20 heteroatoms. The van der Waals surface area contributed by atoms with Gasteiger partial charge in [0.05, 0.1) is 6.33 Å². The highest BCUT2D eigenvalue weighted by Crippen LogP contribution is 2.20. The molecular weight excluding hydrogens is 847 g/mol. The summed E-state index contributed by atoms with van der Waals surface area (Å²) in [6.07, 6.45) is 5.72. The van der Waals surface area contributed by atoms with Crippen LogP contribution in [0.5, 0.6) is 0 Å². The van der Waals surface area contributed by atoms with Crippen molar-refractivity contribution >= 4 is 58.2 Å². The summed E-state index contributed by atoms with van der Waals surface area (Å²) in [4.78, 5) is 111. The Kier molecular flexibility index (Phi) is 16.6. The predicted octanol–water partition coefficient (Wildman–Crippen LogP) is 0.109. The highest BCUT2D eigenvalue weighted by molar-refractivity contribution is 6.01. The van der Waals surface area contributed by atoms with Gasteiger partial charge in [-0.05, 0) is 73.6 Å². The summed E-state index contributed by atoms with van der Waals surface area (Å²) in [7, 11) is 0. The number of nitrogens with one attached hydrogen (secondary N) is 8. The van der Waals surface area contributed by atoms with Crippen molar-refractivity contribution < 1.29 is 33.6 Å².